The maximum atomic E-state index is 12.0. The molecule has 0 spiro atoms. The smallest absolute Gasteiger partial charge is 0.272 e. The maximum absolute atomic E-state index is 12.0. The summed E-state index contributed by atoms with van der Waals surface area (Å²) in [6.45, 7) is 3.08. The normalized spacial score (nSPS) is 15.2. The van der Waals surface area contributed by atoms with Crippen molar-refractivity contribution < 1.29 is 4.79 Å². The van der Waals surface area contributed by atoms with Gasteiger partial charge < -0.3 is 10.6 Å². The van der Waals surface area contributed by atoms with E-state index in [0.717, 1.165) is 31.6 Å². The zero-order valence-corrected chi connectivity index (χ0v) is 12.2. The zero-order valence-electron chi connectivity index (χ0n) is 12.2. The second-order valence-corrected chi connectivity index (χ2v) is 5.39. The van der Waals surface area contributed by atoms with E-state index in [1.165, 1.54) is 25.7 Å². The number of carbonyl (C=O) groups excluding carboxylic acids is 1. The van der Waals surface area contributed by atoms with Gasteiger partial charge in [0.25, 0.3) is 5.91 Å². The first-order chi connectivity index (χ1) is 9.79. The number of amides is 1. The first kappa shape index (κ1) is 14.8. The molecule has 1 saturated carbocycles. The Morgan fingerprint density at radius 2 is 2.05 bits per heavy atom. The number of aromatic nitrogens is 2. The molecule has 20 heavy (non-hydrogen) atoms. The van der Waals surface area contributed by atoms with Crippen LogP contribution in [0.15, 0.2) is 12.1 Å². The van der Waals surface area contributed by atoms with Crippen molar-refractivity contribution in [3.63, 3.8) is 0 Å². The summed E-state index contributed by atoms with van der Waals surface area (Å²) in [4.78, 5) is 12.0. The van der Waals surface area contributed by atoms with Crippen LogP contribution in [0, 0.1) is 0 Å². The van der Waals surface area contributed by atoms with E-state index in [1.54, 1.807) is 6.07 Å². The topological polar surface area (TPSA) is 66.9 Å². The molecule has 0 aromatic carbocycles. The van der Waals surface area contributed by atoms with E-state index >= 15 is 0 Å². The molecule has 0 bridgehead atoms. The average Bonchev–Trinajstić information content (AvgIpc) is 2.97. The van der Waals surface area contributed by atoms with Crippen LogP contribution in [0.25, 0.3) is 0 Å². The second-order valence-electron chi connectivity index (χ2n) is 5.39. The Labute approximate surface area is 120 Å². The number of anilines is 1. The van der Waals surface area contributed by atoms with Crippen molar-refractivity contribution in [2.45, 2.75) is 57.9 Å². The summed E-state index contributed by atoms with van der Waals surface area (Å²) in [6.07, 6.45) is 8.11. The number of rotatable bonds is 7. The molecule has 110 valence electrons. The highest BCUT2D eigenvalue weighted by atomic mass is 16.2. The predicted molar refractivity (Wildman–Crippen MR) is 79.8 cm³/mol. The van der Waals surface area contributed by atoms with Gasteiger partial charge in [-0.25, -0.2) is 0 Å². The fraction of sp³-hybridized carbons (Fsp3) is 0.667. The van der Waals surface area contributed by atoms with Crippen molar-refractivity contribution in [3.8, 4) is 0 Å². The second kappa shape index (κ2) is 7.82. The van der Waals surface area contributed by atoms with Gasteiger partial charge in [0.2, 0.25) is 0 Å². The number of unbranched alkanes of at least 4 members (excludes halogenated alkanes) is 2. The summed E-state index contributed by atoms with van der Waals surface area (Å²) in [5, 5.41) is 14.3. The van der Waals surface area contributed by atoms with E-state index < -0.39 is 0 Å². The average molecular weight is 276 g/mol. The van der Waals surface area contributed by atoms with Crippen molar-refractivity contribution in [2.24, 2.45) is 0 Å². The predicted octanol–water partition coefficient (Wildman–Crippen LogP) is 2.75. The Bertz CT molecular complexity index is 412. The minimum atomic E-state index is -0.109. The molecule has 5 nitrogen and oxygen atoms in total. The van der Waals surface area contributed by atoms with Crippen LogP contribution in [-0.2, 0) is 0 Å². The summed E-state index contributed by atoms with van der Waals surface area (Å²) in [6, 6.07) is 3.87. The van der Waals surface area contributed by atoms with Gasteiger partial charge in [-0.15, -0.1) is 10.2 Å². The molecule has 1 fully saturated rings. The van der Waals surface area contributed by atoms with Crippen LogP contribution in [-0.4, -0.2) is 28.7 Å². The summed E-state index contributed by atoms with van der Waals surface area (Å²) < 4.78 is 0. The largest absolute Gasteiger partial charge is 0.369 e. The molecule has 0 radical (unpaired) electrons. The van der Waals surface area contributed by atoms with Crippen molar-refractivity contribution >= 4 is 11.7 Å². The van der Waals surface area contributed by atoms with E-state index in [9.17, 15) is 4.79 Å². The molecule has 0 aliphatic heterocycles. The summed E-state index contributed by atoms with van der Waals surface area (Å²) in [5.74, 6) is 0.625. The molecule has 1 heterocycles. The summed E-state index contributed by atoms with van der Waals surface area (Å²) in [7, 11) is 0. The molecular formula is C15H24N4O. The van der Waals surface area contributed by atoms with Crippen LogP contribution in [0.2, 0.25) is 0 Å². The Morgan fingerprint density at radius 3 is 2.70 bits per heavy atom. The third-order valence-electron chi connectivity index (χ3n) is 3.67. The molecule has 1 amide bonds. The maximum Gasteiger partial charge on any atom is 0.272 e. The van der Waals surface area contributed by atoms with Crippen LogP contribution in [0.5, 0.6) is 0 Å². The van der Waals surface area contributed by atoms with E-state index in [2.05, 4.69) is 27.8 Å². The van der Waals surface area contributed by atoms with Gasteiger partial charge in [-0.3, -0.25) is 4.79 Å². The summed E-state index contributed by atoms with van der Waals surface area (Å²) >= 11 is 0. The fourth-order valence-electron chi connectivity index (χ4n) is 2.47. The highest BCUT2D eigenvalue weighted by Crippen LogP contribution is 2.17. The van der Waals surface area contributed by atoms with Crippen molar-refractivity contribution in [2.75, 3.05) is 11.9 Å². The third kappa shape index (κ3) is 4.47. The Morgan fingerprint density at radius 1 is 1.25 bits per heavy atom. The van der Waals surface area contributed by atoms with Gasteiger partial charge >= 0.3 is 0 Å². The van der Waals surface area contributed by atoms with Crippen molar-refractivity contribution in [3.05, 3.63) is 17.8 Å². The van der Waals surface area contributed by atoms with Gasteiger partial charge in [-0.1, -0.05) is 32.6 Å². The molecule has 1 aromatic heterocycles. The SMILES string of the molecule is CCCCCNc1ccc(C(=O)NC2CCCC2)nn1. The minimum absolute atomic E-state index is 0.109. The lowest BCUT2D eigenvalue weighted by Crippen LogP contribution is -2.33. The van der Waals surface area contributed by atoms with Crippen LogP contribution in [0.1, 0.15) is 62.4 Å². The quantitative estimate of drug-likeness (QED) is 0.751. The standard InChI is InChI=1S/C15H24N4O/c1-2-3-6-11-16-14-10-9-13(18-19-14)15(20)17-12-7-4-5-8-12/h9-10,12H,2-8,11H2,1H3,(H,16,19)(H,17,20). The van der Waals surface area contributed by atoms with E-state index in [0.29, 0.717) is 11.7 Å². The van der Waals surface area contributed by atoms with Gasteiger partial charge in [-0.2, -0.15) is 0 Å². The lowest BCUT2D eigenvalue weighted by atomic mass is 10.2. The molecule has 1 aromatic rings. The number of carbonyl (C=O) groups is 1. The number of nitrogens with one attached hydrogen (secondary N) is 2. The Kier molecular flexibility index (Phi) is 5.77. The number of nitrogens with zero attached hydrogens (tertiary/aromatic N) is 2. The molecular weight excluding hydrogens is 252 g/mol. The van der Waals surface area contributed by atoms with E-state index in [1.807, 2.05) is 6.07 Å². The van der Waals surface area contributed by atoms with Gasteiger partial charge in [-0.05, 0) is 31.4 Å². The molecule has 2 N–H and O–H groups in total. The van der Waals surface area contributed by atoms with Crippen molar-refractivity contribution in [1.82, 2.24) is 15.5 Å². The Hall–Kier alpha value is -1.65. The van der Waals surface area contributed by atoms with E-state index in [4.69, 9.17) is 0 Å². The fourth-order valence-corrected chi connectivity index (χ4v) is 2.47. The van der Waals surface area contributed by atoms with Crippen LogP contribution in [0.3, 0.4) is 0 Å². The van der Waals surface area contributed by atoms with Crippen LogP contribution < -0.4 is 10.6 Å². The molecule has 2 rings (SSSR count). The van der Waals surface area contributed by atoms with E-state index in [-0.39, 0.29) is 5.91 Å². The minimum Gasteiger partial charge on any atom is -0.369 e. The van der Waals surface area contributed by atoms with Gasteiger partial charge in [0.1, 0.15) is 5.82 Å². The van der Waals surface area contributed by atoms with Crippen LogP contribution in [0.4, 0.5) is 5.82 Å². The monoisotopic (exact) mass is 276 g/mol. The third-order valence-corrected chi connectivity index (χ3v) is 3.67. The highest BCUT2D eigenvalue weighted by molar-refractivity contribution is 5.92. The lowest BCUT2D eigenvalue weighted by Gasteiger charge is -2.11. The molecule has 0 unspecified atom stereocenters. The zero-order chi connectivity index (χ0) is 14.2. The molecule has 1 aliphatic rings. The van der Waals surface area contributed by atoms with Gasteiger partial charge in [0.05, 0.1) is 0 Å². The molecule has 0 saturated heterocycles. The van der Waals surface area contributed by atoms with Gasteiger partial charge in [0.15, 0.2) is 5.69 Å². The highest BCUT2D eigenvalue weighted by Gasteiger charge is 2.18. The van der Waals surface area contributed by atoms with Crippen molar-refractivity contribution in [1.29, 1.82) is 0 Å². The van der Waals surface area contributed by atoms with Gasteiger partial charge in [0, 0.05) is 12.6 Å². The van der Waals surface area contributed by atoms with Crippen LogP contribution >= 0.6 is 0 Å². The number of hydrogen-bond donors (Lipinski definition) is 2. The molecule has 0 atom stereocenters. The first-order valence-electron chi connectivity index (χ1n) is 7.68. The summed E-state index contributed by atoms with van der Waals surface area (Å²) in [5.41, 5.74) is 0.399. The number of hydrogen-bond acceptors (Lipinski definition) is 4. The molecule has 1 aliphatic carbocycles. The Balaban J connectivity index is 1.79. The first-order valence-corrected chi connectivity index (χ1v) is 7.68. The molecule has 5 heteroatoms. The lowest BCUT2D eigenvalue weighted by molar-refractivity contribution is 0.0932.